The van der Waals surface area contributed by atoms with Gasteiger partial charge in [0, 0.05) is 24.5 Å². The third-order valence-corrected chi connectivity index (χ3v) is 4.89. The summed E-state index contributed by atoms with van der Waals surface area (Å²) in [6, 6.07) is 8.59. The van der Waals surface area contributed by atoms with Gasteiger partial charge in [-0.25, -0.2) is 4.52 Å². The Kier molecular flexibility index (Phi) is 4.80. The van der Waals surface area contributed by atoms with Crippen LogP contribution < -0.4 is 10.3 Å². The van der Waals surface area contributed by atoms with E-state index >= 15 is 0 Å². The molecule has 8 heteroatoms. The summed E-state index contributed by atoms with van der Waals surface area (Å²) in [5, 5.41) is 5.19. The van der Waals surface area contributed by atoms with E-state index in [1.165, 1.54) is 10.8 Å². The number of benzene rings is 1. The molecule has 1 aliphatic heterocycles. The number of halogens is 2. The Morgan fingerprint density at radius 3 is 2.54 bits per heavy atom. The van der Waals surface area contributed by atoms with Crippen molar-refractivity contribution in [1.82, 2.24) is 14.6 Å². The number of nitrogens with zero attached hydrogens (tertiary/aromatic N) is 3. The first kappa shape index (κ1) is 17.3. The molecular weight excluding hydrogens is 377 g/mol. The fourth-order valence-electron chi connectivity index (χ4n) is 2.99. The minimum atomic E-state index is -0.417. The van der Waals surface area contributed by atoms with E-state index in [-0.39, 0.29) is 6.10 Å². The lowest BCUT2D eigenvalue weighted by molar-refractivity contribution is 0.0232. The maximum absolute atomic E-state index is 12.4. The summed E-state index contributed by atoms with van der Waals surface area (Å²) in [4.78, 5) is 16.3. The number of ether oxygens (including phenoxy) is 2. The van der Waals surface area contributed by atoms with Crippen LogP contribution in [0, 0.1) is 0 Å². The highest BCUT2D eigenvalue weighted by molar-refractivity contribution is 6.39. The monoisotopic (exact) mass is 391 g/mol. The zero-order valence-electron chi connectivity index (χ0n) is 13.7. The zero-order valence-corrected chi connectivity index (χ0v) is 15.2. The summed E-state index contributed by atoms with van der Waals surface area (Å²) < 4.78 is 12.8. The second-order valence-electron chi connectivity index (χ2n) is 5.95. The summed E-state index contributed by atoms with van der Waals surface area (Å²) >= 11 is 12.6. The van der Waals surface area contributed by atoms with E-state index in [0.717, 1.165) is 12.8 Å². The molecule has 0 bridgehead atoms. The Hall–Kier alpha value is -2.15. The molecular formula is C18H15Cl2N3O3. The molecule has 0 saturated carbocycles. The second-order valence-corrected chi connectivity index (χ2v) is 6.77. The van der Waals surface area contributed by atoms with Gasteiger partial charge in [0.05, 0.1) is 34.3 Å². The van der Waals surface area contributed by atoms with Crippen LogP contribution in [-0.4, -0.2) is 33.9 Å². The predicted octanol–water partition coefficient (Wildman–Crippen LogP) is 3.62. The van der Waals surface area contributed by atoms with Gasteiger partial charge in [-0.15, -0.1) is 5.10 Å². The van der Waals surface area contributed by atoms with Crippen molar-refractivity contribution in [1.29, 1.82) is 0 Å². The molecule has 1 fully saturated rings. The molecule has 0 radical (unpaired) electrons. The van der Waals surface area contributed by atoms with Crippen LogP contribution in [0.4, 0.5) is 0 Å². The average Bonchev–Trinajstić information content (AvgIpc) is 2.64. The van der Waals surface area contributed by atoms with Crippen LogP contribution in [0.2, 0.25) is 10.0 Å². The number of hydrogen-bond donors (Lipinski definition) is 0. The molecule has 0 aliphatic carbocycles. The second kappa shape index (κ2) is 7.23. The number of hydrogen-bond acceptors (Lipinski definition) is 5. The Labute approximate surface area is 159 Å². The van der Waals surface area contributed by atoms with Crippen molar-refractivity contribution in [3.8, 4) is 17.0 Å². The summed E-state index contributed by atoms with van der Waals surface area (Å²) in [5.41, 5.74) is 0.902. The minimum Gasteiger partial charge on any atom is -0.473 e. The first-order valence-electron chi connectivity index (χ1n) is 8.21. The Bertz CT molecular complexity index is 996. The van der Waals surface area contributed by atoms with E-state index in [2.05, 4.69) is 10.1 Å². The van der Waals surface area contributed by atoms with Gasteiger partial charge in [-0.3, -0.25) is 4.79 Å². The topological polar surface area (TPSA) is 65.7 Å². The highest BCUT2D eigenvalue weighted by atomic mass is 35.5. The van der Waals surface area contributed by atoms with E-state index in [1.54, 1.807) is 30.3 Å². The quantitative estimate of drug-likeness (QED) is 0.681. The summed E-state index contributed by atoms with van der Waals surface area (Å²) in [6.45, 7) is 1.36. The molecule has 1 aromatic carbocycles. The van der Waals surface area contributed by atoms with E-state index < -0.39 is 5.56 Å². The molecule has 0 N–H and O–H groups in total. The van der Waals surface area contributed by atoms with Crippen molar-refractivity contribution < 1.29 is 9.47 Å². The zero-order chi connectivity index (χ0) is 18.1. The van der Waals surface area contributed by atoms with Crippen molar-refractivity contribution in [2.75, 3.05) is 13.2 Å². The highest BCUT2D eigenvalue weighted by Gasteiger charge is 2.19. The van der Waals surface area contributed by atoms with Gasteiger partial charge >= 0.3 is 0 Å². The fourth-order valence-corrected chi connectivity index (χ4v) is 3.57. The largest absolute Gasteiger partial charge is 0.473 e. The molecule has 0 atom stereocenters. The summed E-state index contributed by atoms with van der Waals surface area (Å²) in [7, 11) is 0. The van der Waals surface area contributed by atoms with Crippen LogP contribution in [-0.2, 0) is 4.74 Å². The van der Waals surface area contributed by atoms with Crippen molar-refractivity contribution >= 4 is 28.7 Å². The van der Waals surface area contributed by atoms with Gasteiger partial charge in [0.1, 0.15) is 12.4 Å². The minimum absolute atomic E-state index is 0.0681. The number of fused-ring (bicyclic) bond motifs is 1. The van der Waals surface area contributed by atoms with E-state index in [9.17, 15) is 4.79 Å². The molecule has 3 heterocycles. The maximum Gasteiger partial charge on any atom is 0.281 e. The molecule has 1 saturated heterocycles. The molecule has 134 valence electrons. The first-order valence-corrected chi connectivity index (χ1v) is 8.96. The van der Waals surface area contributed by atoms with Crippen molar-refractivity contribution in [2.45, 2.75) is 18.9 Å². The number of aromatic nitrogens is 3. The lowest BCUT2D eigenvalue weighted by Crippen LogP contribution is -2.26. The standard InChI is InChI=1S/C18H15Cl2N3O3/c19-12-2-1-3-13(20)16(12)17-14-4-5-15(22-23(14)10-21-18(17)24)26-11-6-8-25-9-7-11/h1-5,10-11H,6-9H2. The molecule has 0 spiro atoms. The van der Waals surface area contributed by atoms with Crippen molar-refractivity contribution in [2.24, 2.45) is 0 Å². The maximum atomic E-state index is 12.4. The van der Waals surface area contributed by atoms with Crippen LogP contribution in [0.25, 0.3) is 16.6 Å². The van der Waals surface area contributed by atoms with Gasteiger partial charge < -0.3 is 9.47 Å². The van der Waals surface area contributed by atoms with E-state index in [1.807, 2.05) is 0 Å². The summed E-state index contributed by atoms with van der Waals surface area (Å²) in [6.07, 6.45) is 3.08. The van der Waals surface area contributed by atoms with Gasteiger partial charge in [-0.05, 0) is 18.2 Å². The molecule has 2 aromatic heterocycles. The molecule has 26 heavy (non-hydrogen) atoms. The molecule has 4 rings (SSSR count). The summed E-state index contributed by atoms with van der Waals surface area (Å²) in [5.74, 6) is 0.464. The van der Waals surface area contributed by atoms with E-state index in [4.69, 9.17) is 32.7 Å². The fraction of sp³-hybridized carbons (Fsp3) is 0.278. The van der Waals surface area contributed by atoms with Crippen LogP contribution in [0.3, 0.4) is 0 Å². The first-order chi connectivity index (χ1) is 12.6. The smallest absolute Gasteiger partial charge is 0.281 e. The third kappa shape index (κ3) is 3.28. The van der Waals surface area contributed by atoms with Crippen LogP contribution in [0.15, 0.2) is 41.5 Å². The lowest BCUT2D eigenvalue weighted by Gasteiger charge is -2.22. The predicted molar refractivity (Wildman–Crippen MR) is 99.2 cm³/mol. The molecule has 0 unspecified atom stereocenters. The molecule has 6 nitrogen and oxygen atoms in total. The molecule has 0 amide bonds. The van der Waals surface area contributed by atoms with Crippen LogP contribution >= 0.6 is 23.2 Å². The van der Waals surface area contributed by atoms with Gasteiger partial charge in [0.2, 0.25) is 5.88 Å². The normalized spacial score (nSPS) is 15.3. The van der Waals surface area contributed by atoms with Crippen molar-refractivity contribution in [3.05, 3.63) is 57.1 Å². The average molecular weight is 392 g/mol. The van der Waals surface area contributed by atoms with Crippen LogP contribution in [0.5, 0.6) is 5.88 Å². The number of rotatable bonds is 3. The Balaban J connectivity index is 1.79. The van der Waals surface area contributed by atoms with Crippen molar-refractivity contribution in [3.63, 3.8) is 0 Å². The third-order valence-electron chi connectivity index (χ3n) is 4.26. The lowest BCUT2D eigenvalue weighted by atomic mass is 10.1. The Morgan fingerprint density at radius 2 is 1.81 bits per heavy atom. The van der Waals surface area contributed by atoms with E-state index in [0.29, 0.717) is 45.8 Å². The van der Waals surface area contributed by atoms with Gasteiger partial charge in [0.25, 0.3) is 5.56 Å². The SMILES string of the molecule is O=c1ncn2nc(OC3CCOCC3)ccc2c1-c1c(Cl)cccc1Cl. The Morgan fingerprint density at radius 1 is 1.08 bits per heavy atom. The molecule has 1 aliphatic rings. The van der Waals surface area contributed by atoms with Gasteiger partial charge in [-0.2, -0.15) is 4.98 Å². The van der Waals surface area contributed by atoms with Gasteiger partial charge in [0.15, 0.2) is 0 Å². The van der Waals surface area contributed by atoms with Gasteiger partial charge in [-0.1, -0.05) is 29.3 Å². The molecule has 3 aromatic rings. The van der Waals surface area contributed by atoms with Crippen LogP contribution in [0.1, 0.15) is 12.8 Å². The highest BCUT2D eigenvalue weighted by Crippen LogP contribution is 2.34.